The van der Waals surface area contributed by atoms with E-state index in [1.807, 2.05) is 29.2 Å². The van der Waals surface area contributed by atoms with Gasteiger partial charge in [0.1, 0.15) is 5.75 Å². The van der Waals surface area contributed by atoms with Crippen molar-refractivity contribution in [1.29, 1.82) is 0 Å². The zero-order valence-corrected chi connectivity index (χ0v) is 18.5. The van der Waals surface area contributed by atoms with Crippen LogP contribution in [0.15, 0.2) is 30.3 Å². The maximum atomic E-state index is 11.3. The molecule has 0 unspecified atom stereocenters. The molecular weight excluding hydrogens is 439 g/mol. The monoisotopic (exact) mass is 460 g/mol. The van der Waals surface area contributed by atoms with E-state index in [1.54, 1.807) is 13.2 Å². The molecule has 4 rings (SSSR count). The summed E-state index contributed by atoms with van der Waals surface area (Å²) in [4.78, 5) is 22.8. The Bertz CT molecular complexity index is 1150. The highest BCUT2D eigenvalue weighted by Gasteiger charge is 2.26. The van der Waals surface area contributed by atoms with E-state index in [-0.39, 0.29) is 5.92 Å². The summed E-state index contributed by atoms with van der Waals surface area (Å²) >= 11 is 12.6. The number of rotatable bonds is 5. The number of hydrogen-bond acceptors (Lipinski definition) is 6. The first-order valence-corrected chi connectivity index (χ1v) is 10.7. The molecule has 1 aliphatic heterocycles. The quantitative estimate of drug-likeness (QED) is 0.543. The van der Waals surface area contributed by atoms with Gasteiger partial charge in [-0.3, -0.25) is 4.79 Å². The summed E-state index contributed by atoms with van der Waals surface area (Å²) in [7, 11) is 1.57. The van der Waals surface area contributed by atoms with Crippen molar-refractivity contribution in [1.82, 2.24) is 9.97 Å². The average Bonchev–Trinajstić information content (AvgIpc) is 2.76. The molecule has 0 radical (unpaired) electrons. The van der Waals surface area contributed by atoms with Crippen LogP contribution in [0.4, 0.5) is 11.6 Å². The number of nitrogen functional groups attached to an aromatic ring is 1. The lowest BCUT2D eigenvalue weighted by Crippen LogP contribution is -2.37. The molecule has 31 heavy (non-hydrogen) atoms. The summed E-state index contributed by atoms with van der Waals surface area (Å²) in [5.41, 5.74) is 9.11. The zero-order valence-electron chi connectivity index (χ0n) is 16.9. The van der Waals surface area contributed by atoms with E-state index in [2.05, 4.69) is 0 Å². The Morgan fingerprint density at radius 1 is 1.19 bits per heavy atom. The highest BCUT2D eigenvalue weighted by molar-refractivity contribution is 6.34. The smallest absolute Gasteiger partial charge is 0.306 e. The Hall–Kier alpha value is -2.77. The number of halogens is 2. The molecule has 0 bridgehead atoms. The molecule has 0 aliphatic carbocycles. The molecule has 1 aliphatic rings. The Balaban J connectivity index is 1.74. The van der Waals surface area contributed by atoms with Crippen LogP contribution >= 0.6 is 23.2 Å². The number of carboxylic acids is 1. The van der Waals surface area contributed by atoms with Crippen LogP contribution in [0.25, 0.3) is 10.9 Å². The first-order chi connectivity index (χ1) is 14.9. The molecule has 1 aromatic heterocycles. The summed E-state index contributed by atoms with van der Waals surface area (Å²) in [6.07, 6.45) is 1.59. The number of benzene rings is 2. The molecule has 0 atom stereocenters. The van der Waals surface area contributed by atoms with E-state index < -0.39 is 5.97 Å². The summed E-state index contributed by atoms with van der Waals surface area (Å²) in [6, 6.07) is 9.13. The number of hydrogen-bond donors (Lipinski definition) is 2. The summed E-state index contributed by atoms with van der Waals surface area (Å²) in [5.74, 6) is 0.0841. The number of nitrogens with zero attached hydrogens (tertiary/aromatic N) is 3. The third-order valence-corrected chi connectivity index (χ3v) is 6.25. The van der Waals surface area contributed by atoms with Gasteiger partial charge in [-0.05, 0) is 42.7 Å². The molecule has 3 N–H and O–H groups in total. The largest absolute Gasteiger partial charge is 0.495 e. The van der Waals surface area contributed by atoms with Gasteiger partial charge in [-0.25, -0.2) is 9.97 Å². The van der Waals surface area contributed by atoms with Gasteiger partial charge in [0.15, 0.2) is 0 Å². The van der Waals surface area contributed by atoms with Crippen LogP contribution in [0.1, 0.15) is 24.1 Å². The molecule has 162 valence electrons. The van der Waals surface area contributed by atoms with Crippen LogP contribution in [0.5, 0.6) is 5.75 Å². The molecule has 1 saturated heterocycles. The Labute approximate surface area is 189 Å². The van der Waals surface area contributed by atoms with Crippen molar-refractivity contribution in [2.45, 2.75) is 19.3 Å². The maximum absolute atomic E-state index is 11.3. The normalized spacial score (nSPS) is 14.7. The predicted molar refractivity (Wildman–Crippen MR) is 122 cm³/mol. The van der Waals surface area contributed by atoms with Crippen molar-refractivity contribution in [3.63, 3.8) is 0 Å². The number of carbonyl (C=O) groups is 1. The van der Waals surface area contributed by atoms with Crippen LogP contribution < -0.4 is 15.4 Å². The summed E-state index contributed by atoms with van der Waals surface area (Å²) in [5, 5.41) is 10.9. The van der Waals surface area contributed by atoms with Crippen molar-refractivity contribution in [3.8, 4) is 5.75 Å². The standard InChI is InChI=1S/C22H22Cl2N4O3/c1-31-18-5-2-12(10-15(18)24)11-17-19-16(4-3-14(23)20(19)25)26-22(27-17)28-8-6-13(7-9-28)21(29)30/h2-5,10,13H,6-9,11,25H2,1H3,(H,29,30). The van der Waals surface area contributed by atoms with Crippen LogP contribution in [0.3, 0.4) is 0 Å². The van der Waals surface area contributed by atoms with Crippen LogP contribution in [0.2, 0.25) is 10.0 Å². The van der Waals surface area contributed by atoms with E-state index in [9.17, 15) is 9.90 Å². The number of anilines is 2. The minimum atomic E-state index is -0.751. The summed E-state index contributed by atoms with van der Waals surface area (Å²) < 4.78 is 5.24. The number of carboxylic acid groups (broad SMARTS) is 1. The Kier molecular flexibility index (Phi) is 6.07. The van der Waals surface area contributed by atoms with E-state index in [4.69, 9.17) is 43.6 Å². The van der Waals surface area contributed by atoms with Crippen molar-refractivity contribution >= 4 is 51.7 Å². The third kappa shape index (κ3) is 4.34. The fraction of sp³-hybridized carbons (Fsp3) is 0.318. The summed E-state index contributed by atoms with van der Waals surface area (Å²) in [6.45, 7) is 1.17. The fourth-order valence-corrected chi connectivity index (χ4v) is 4.34. The second kappa shape index (κ2) is 8.77. The molecule has 7 nitrogen and oxygen atoms in total. The number of piperidine rings is 1. The lowest BCUT2D eigenvalue weighted by atomic mass is 9.97. The van der Waals surface area contributed by atoms with Gasteiger partial charge in [-0.1, -0.05) is 29.3 Å². The lowest BCUT2D eigenvalue weighted by molar-refractivity contribution is -0.142. The first kappa shape index (κ1) is 21.5. The molecule has 2 aromatic carbocycles. The van der Waals surface area contributed by atoms with Gasteiger partial charge in [-0.2, -0.15) is 0 Å². The van der Waals surface area contributed by atoms with E-state index in [0.29, 0.717) is 70.7 Å². The maximum Gasteiger partial charge on any atom is 0.306 e. The van der Waals surface area contributed by atoms with E-state index in [1.165, 1.54) is 0 Å². The van der Waals surface area contributed by atoms with Crippen LogP contribution in [-0.2, 0) is 11.2 Å². The molecule has 9 heteroatoms. The number of aromatic nitrogens is 2. The number of aliphatic carboxylic acids is 1. The predicted octanol–water partition coefficient (Wildman–Crippen LogP) is 4.42. The van der Waals surface area contributed by atoms with Gasteiger partial charge in [0.2, 0.25) is 5.95 Å². The minimum absolute atomic E-state index is 0.327. The van der Waals surface area contributed by atoms with Gasteiger partial charge < -0.3 is 20.5 Å². The lowest BCUT2D eigenvalue weighted by Gasteiger charge is -2.30. The third-order valence-electron chi connectivity index (χ3n) is 5.63. The SMILES string of the molecule is COc1ccc(Cc2nc(N3CCC(C(=O)O)CC3)nc3ccc(Cl)c(N)c23)cc1Cl. The van der Waals surface area contributed by atoms with Crippen LogP contribution in [0, 0.1) is 5.92 Å². The highest BCUT2D eigenvalue weighted by Crippen LogP contribution is 2.34. The number of nitrogens with two attached hydrogens (primary N) is 1. The molecule has 0 saturated carbocycles. The van der Waals surface area contributed by atoms with Gasteiger partial charge in [-0.15, -0.1) is 0 Å². The van der Waals surface area contributed by atoms with Crippen molar-refractivity contribution in [2.24, 2.45) is 5.92 Å². The zero-order chi connectivity index (χ0) is 22.1. The molecule has 3 aromatic rings. The molecule has 0 spiro atoms. The first-order valence-electron chi connectivity index (χ1n) is 9.92. The van der Waals surface area contributed by atoms with Crippen molar-refractivity contribution < 1.29 is 14.6 Å². The average molecular weight is 461 g/mol. The minimum Gasteiger partial charge on any atom is -0.495 e. The number of methoxy groups -OCH3 is 1. The topological polar surface area (TPSA) is 102 Å². The fourth-order valence-electron chi connectivity index (χ4n) is 3.90. The van der Waals surface area contributed by atoms with Crippen molar-refractivity contribution in [3.05, 3.63) is 51.6 Å². The second-order valence-corrected chi connectivity index (χ2v) is 8.39. The Morgan fingerprint density at radius 3 is 2.58 bits per heavy atom. The molecule has 2 heterocycles. The van der Waals surface area contributed by atoms with Crippen LogP contribution in [-0.4, -0.2) is 41.2 Å². The highest BCUT2D eigenvalue weighted by atomic mass is 35.5. The van der Waals surface area contributed by atoms with Gasteiger partial charge in [0.05, 0.1) is 40.0 Å². The molecule has 0 amide bonds. The molecule has 1 fully saturated rings. The number of ether oxygens (including phenoxy) is 1. The van der Waals surface area contributed by atoms with Gasteiger partial charge in [0, 0.05) is 24.9 Å². The van der Waals surface area contributed by atoms with Crippen molar-refractivity contribution in [2.75, 3.05) is 30.8 Å². The number of fused-ring (bicyclic) bond motifs is 1. The van der Waals surface area contributed by atoms with E-state index >= 15 is 0 Å². The molecular formula is C22H22Cl2N4O3. The Morgan fingerprint density at radius 2 is 1.94 bits per heavy atom. The second-order valence-electron chi connectivity index (χ2n) is 7.57. The van der Waals surface area contributed by atoms with E-state index in [0.717, 1.165) is 11.3 Å². The van der Waals surface area contributed by atoms with Gasteiger partial charge >= 0.3 is 5.97 Å². The van der Waals surface area contributed by atoms with Gasteiger partial charge in [0.25, 0.3) is 0 Å².